The van der Waals surface area contributed by atoms with Gasteiger partial charge in [0.15, 0.2) is 11.6 Å². The molecule has 1 amide bonds. The van der Waals surface area contributed by atoms with E-state index in [4.69, 9.17) is 0 Å². The largest absolute Gasteiger partial charge is 0.354 e. The summed E-state index contributed by atoms with van der Waals surface area (Å²) in [6.45, 7) is 5.45. The minimum absolute atomic E-state index is 0. The smallest absolute Gasteiger partial charge is 0.223 e. The van der Waals surface area contributed by atoms with Gasteiger partial charge in [0.1, 0.15) is 0 Å². The maximum absolute atomic E-state index is 13.2. The highest BCUT2D eigenvalue weighted by Crippen LogP contribution is 2.47. The van der Waals surface area contributed by atoms with E-state index in [1.807, 2.05) is 13.8 Å². The average Bonchev–Trinajstić information content (AvgIpc) is 3.20. The Hall–Kier alpha value is -1.20. The maximum Gasteiger partial charge on any atom is 0.223 e. The Kier molecular flexibility index (Phi) is 6.55. The van der Waals surface area contributed by atoms with Gasteiger partial charge in [-0.1, -0.05) is 13.0 Å². The van der Waals surface area contributed by atoms with Gasteiger partial charge < -0.3 is 10.6 Å². The van der Waals surface area contributed by atoms with Crippen LogP contribution in [0.4, 0.5) is 8.78 Å². The Morgan fingerprint density at radius 1 is 1.38 bits per heavy atom. The van der Waals surface area contributed by atoms with Crippen LogP contribution in [0.1, 0.15) is 31.7 Å². The first kappa shape index (κ1) is 17.9. The first-order valence-corrected chi connectivity index (χ1v) is 6.99. The molecule has 1 saturated carbocycles. The second kappa shape index (κ2) is 7.71. The fraction of sp³-hybridized carbons (Fsp3) is 0.533. The van der Waals surface area contributed by atoms with Crippen molar-refractivity contribution in [2.45, 2.75) is 32.2 Å². The number of hydrogen-bond donors (Lipinski definition) is 2. The van der Waals surface area contributed by atoms with Gasteiger partial charge in [0, 0.05) is 18.5 Å². The molecule has 3 atom stereocenters. The third-order valence-corrected chi connectivity index (χ3v) is 3.63. The molecular weight excluding hydrogens is 298 g/mol. The lowest BCUT2D eigenvalue weighted by Gasteiger charge is -2.13. The van der Waals surface area contributed by atoms with Gasteiger partial charge in [-0.3, -0.25) is 4.79 Å². The second-order valence-electron chi connectivity index (χ2n) is 5.33. The van der Waals surface area contributed by atoms with E-state index in [-0.39, 0.29) is 36.2 Å². The van der Waals surface area contributed by atoms with E-state index < -0.39 is 11.6 Å². The average molecular weight is 319 g/mol. The molecule has 118 valence electrons. The van der Waals surface area contributed by atoms with E-state index in [2.05, 4.69) is 10.6 Å². The standard InChI is InChI=1S/C15H20F2N2O.ClH/c1-3-18-9(2)8-19-15(20)12-7-11(12)10-4-5-13(16)14(17)6-10;/h4-6,9,11-12,18H,3,7-8H2,1-2H3,(H,19,20);1H/t9-,11?,12?;/m1./s1. The molecule has 3 nitrogen and oxygen atoms in total. The molecule has 0 radical (unpaired) electrons. The van der Waals surface area contributed by atoms with E-state index in [1.54, 1.807) is 6.07 Å². The summed E-state index contributed by atoms with van der Waals surface area (Å²) >= 11 is 0. The molecule has 0 spiro atoms. The summed E-state index contributed by atoms with van der Waals surface area (Å²) in [7, 11) is 0. The van der Waals surface area contributed by atoms with Crippen molar-refractivity contribution >= 4 is 18.3 Å². The molecule has 2 unspecified atom stereocenters. The number of carbonyl (C=O) groups excluding carboxylic acids is 1. The summed E-state index contributed by atoms with van der Waals surface area (Å²) in [5.74, 6) is -1.82. The Bertz CT molecular complexity index is 499. The van der Waals surface area contributed by atoms with Crippen molar-refractivity contribution in [2.24, 2.45) is 5.92 Å². The summed E-state index contributed by atoms with van der Waals surface area (Å²) in [5.41, 5.74) is 0.698. The number of rotatable bonds is 6. The number of hydrogen-bond acceptors (Lipinski definition) is 2. The molecule has 0 aromatic heterocycles. The van der Waals surface area contributed by atoms with E-state index in [0.717, 1.165) is 12.6 Å². The van der Waals surface area contributed by atoms with Gasteiger partial charge in [0.2, 0.25) is 5.91 Å². The van der Waals surface area contributed by atoms with Crippen LogP contribution in [0.2, 0.25) is 0 Å². The van der Waals surface area contributed by atoms with Crippen molar-refractivity contribution in [2.75, 3.05) is 13.1 Å². The van der Waals surface area contributed by atoms with Crippen molar-refractivity contribution in [3.8, 4) is 0 Å². The summed E-state index contributed by atoms with van der Waals surface area (Å²) in [5, 5.41) is 6.10. The zero-order valence-electron chi connectivity index (χ0n) is 12.2. The molecule has 2 rings (SSSR count). The van der Waals surface area contributed by atoms with Gasteiger partial charge in [-0.2, -0.15) is 0 Å². The van der Waals surface area contributed by atoms with E-state index in [9.17, 15) is 13.6 Å². The minimum atomic E-state index is -0.852. The van der Waals surface area contributed by atoms with E-state index in [1.165, 1.54) is 6.07 Å². The number of benzene rings is 1. The second-order valence-corrected chi connectivity index (χ2v) is 5.33. The zero-order valence-corrected chi connectivity index (χ0v) is 13.0. The Morgan fingerprint density at radius 2 is 2.10 bits per heavy atom. The van der Waals surface area contributed by atoms with Gasteiger partial charge in [0.05, 0.1) is 0 Å². The Balaban J connectivity index is 0.00000220. The first-order chi connectivity index (χ1) is 9.52. The number of halogens is 3. The third-order valence-electron chi connectivity index (χ3n) is 3.63. The number of amides is 1. The molecule has 21 heavy (non-hydrogen) atoms. The zero-order chi connectivity index (χ0) is 14.7. The minimum Gasteiger partial charge on any atom is -0.354 e. The molecule has 0 heterocycles. The molecule has 0 aliphatic heterocycles. The molecule has 0 saturated heterocycles. The predicted octanol–water partition coefficient (Wildman–Crippen LogP) is 2.60. The summed E-state index contributed by atoms with van der Waals surface area (Å²) < 4.78 is 26.0. The quantitative estimate of drug-likeness (QED) is 0.846. The summed E-state index contributed by atoms with van der Waals surface area (Å²) in [4.78, 5) is 11.9. The lowest BCUT2D eigenvalue weighted by atomic mass is 10.1. The van der Waals surface area contributed by atoms with Gasteiger partial charge in [-0.05, 0) is 43.5 Å². The van der Waals surface area contributed by atoms with Gasteiger partial charge in [-0.25, -0.2) is 8.78 Å². The van der Waals surface area contributed by atoms with Crippen LogP contribution >= 0.6 is 12.4 Å². The van der Waals surface area contributed by atoms with Crippen LogP contribution in [0.25, 0.3) is 0 Å². The van der Waals surface area contributed by atoms with Crippen molar-refractivity contribution in [3.63, 3.8) is 0 Å². The number of carbonyl (C=O) groups is 1. The molecular formula is C15H21ClF2N2O. The highest BCUT2D eigenvalue weighted by Gasteiger charge is 2.44. The fourth-order valence-corrected chi connectivity index (χ4v) is 2.40. The fourth-order valence-electron chi connectivity index (χ4n) is 2.40. The van der Waals surface area contributed by atoms with Gasteiger partial charge in [0.25, 0.3) is 0 Å². The van der Waals surface area contributed by atoms with Crippen molar-refractivity contribution in [3.05, 3.63) is 35.4 Å². The Labute approximate surface area is 129 Å². The van der Waals surface area contributed by atoms with Crippen LogP contribution in [0.5, 0.6) is 0 Å². The number of nitrogens with one attached hydrogen (secondary N) is 2. The van der Waals surface area contributed by atoms with Crippen LogP contribution in [-0.4, -0.2) is 25.0 Å². The van der Waals surface area contributed by atoms with Crippen LogP contribution in [0, 0.1) is 17.6 Å². The van der Waals surface area contributed by atoms with Crippen LogP contribution in [-0.2, 0) is 4.79 Å². The molecule has 0 bridgehead atoms. The lowest BCUT2D eigenvalue weighted by Crippen LogP contribution is -2.39. The van der Waals surface area contributed by atoms with E-state index >= 15 is 0 Å². The SMILES string of the molecule is CCN[C@H](C)CNC(=O)C1CC1c1ccc(F)c(F)c1.Cl. The molecule has 1 aromatic carbocycles. The normalized spacial score (nSPS) is 21.3. The molecule has 6 heteroatoms. The van der Waals surface area contributed by atoms with Crippen LogP contribution in [0.15, 0.2) is 18.2 Å². The first-order valence-electron chi connectivity index (χ1n) is 6.99. The molecule has 2 N–H and O–H groups in total. The summed E-state index contributed by atoms with van der Waals surface area (Å²) in [6.07, 6.45) is 0.701. The van der Waals surface area contributed by atoms with Gasteiger partial charge in [-0.15, -0.1) is 12.4 Å². The highest BCUT2D eigenvalue weighted by molar-refractivity contribution is 5.85. The topological polar surface area (TPSA) is 41.1 Å². The van der Waals surface area contributed by atoms with Crippen LogP contribution in [0.3, 0.4) is 0 Å². The monoisotopic (exact) mass is 318 g/mol. The van der Waals surface area contributed by atoms with Crippen LogP contribution < -0.4 is 10.6 Å². The molecule has 1 aliphatic rings. The van der Waals surface area contributed by atoms with Crippen molar-refractivity contribution in [1.29, 1.82) is 0 Å². The third kappa shape index (κ3) is 4.64. The lowest BCUT2D eigenvalue weighted by molar-refractivity contribution is -0.122. The summed E-state index contributed by atoms with van der Waals surface area (Å²) in [6, 6.07) is 4.08. The predicted molar refractivity (Wildman–Crippen MR) is 80.6 cm³/mol. The molecule has 1 aliphatic carbocycles. The molecule has 1 aromatic rings. The molecule has 1 fully saturated rings. The maximum atomic E-state index is 13.2. The number of likely N-dealkylation sites (N-methyl/N-ethyl adjacent to an activating group) is 1. The van der Waals surface area contributed by atoms with Crippen molar-refractivity contribution in [1.82, 2.24) is 10.6 Å². The van der Waals surface area contributed by atoms with Gasteiger partial charge >= 0.3 is 0 Å². The highest BCUT2D eigenvalue weighted by atomic mass is 35.5. The van der Waals surface area contributed by atoms with E-state index in [0.29, 0.717) is 18.5 Å². The Morgan fingerprint density at radius 3 is 2.71 bits per heavy atom. The van der Waals surface area contributed by atoms with Crippen molar-refractivity contribution < 1.29 is 13.6 Å².